The van der Waals surface area contributed by atoms with E-state index >= 15 is 0 Å². The largest absolute Gasteiger partial charge is 0.311 e. The fourth-order valence-corrected chi connectivity index (χ4v) is 3.34. The van der Waals surface area contributed by atoms with E-state index in [1.807, 2.05) is 11.0 Å². The van der Waals surface area contributed by atoms with Crippen LogP contribution in [0.3, 0.4) is 0 Å². The fourth-order valence-electron chi connectivity index (χ4n) is 1.95. The number of alkyl halides is 1. The molecule has 1 atom stereocenters. The van der Waals surface area contributed by atoms with Gasteiger partial charge in [0.05, 0.1) is 5.69 Å². The number of anilines is 1. The van der Waals surface area contributed by atoms with Crippen LogP contribution in [0.1, 0.15) is 12.0 Å². The molecule has 1 saturated heterocycles. The summed E-state index contributed by atoms with van der Waals surface area (Å²) in [7, 11) is 0. The molecule has 0 radical (unpaired) electrons. The van der Waals surface area contributed by atoms with E-state index in [1.54, 1.807) is 0 Å². The third-order valence-corrected chi connectivity index (χ3v) is 4.60. The average Bonchev–Trinajstić information content (AvgIpc) is 2.60. The van der Waals surface area contributed by atoms with Crippen LogP contribution in [0, 0.1) is 16.4 Å². The molecule has 1 aliphatic heterocycles. The first kappa shape index (κ1) is 12.4. The van der Waals surface area contributed by atoms with Gasteiger partial charge in [-0.2, -0.15) is 0 Å². The molecule has 0 bridgehead atoms. The molecule has 2 nitrogen and oxygen atoms in total. The highest BCUT2D eigenvalue weighted by Crippen LogP contribution is 2.30. The van der Waals surface area contributed by atoms with Crippen LogP contribution in [0.25, 0.3) is 0 Å². The molecule has 1 aliphatic rings. The van der Waals surface area contributed by atoms with Crippen molar-refractivity contribution < 1.29 is 4.79 Å². The molecule has 1 aromatic rings. The number of carbonyl (C=O) groups excluding carboxylic acids is 1. The molecule has 0 saturated carbocycles. The Labute approximate surface area is 118 Å². The maximum atomic E-state index is 11.9. The Bertz CT molecular complexity index is 421. The molecule has 1 amide bonds. The van der Waals surface area contributed by atoms with Gasteiger partial charge in [0, 0.05) is 21.9 Å². The first-order valence-electron chi connectivity index (χ1n) is 5.24. The smallest absolute Gasteiger partial charge is 0.227 e. The summed E-state index contributed by atoms with van der Waals surface area (Å²) < 4.78 is 1.15. The Hall–Kier alpha value is -0.100. The lowest BCUT2D eigenvalue weighted by atomic mass is 10.2. The van der Waals surface area contributed by atoms with Crippen LogP contribution in [-0.2, 0) is 4.79 Å². The predicted molar refractivity (Wildman–Crippen MR) is 78.2 cm³/mol. The first-order valence-corrected chi connectivity index (χ1v) is 7.44. The van der Waals surface area contributed by atoms with Gasteiger partial charge in [0.1, 0.15) is 0 Å². The van der Waals surface area contributed by atoms with Crippen LogP contribution in [-0.4, -0.2) is 17.8 Å². The first-order chi connectivity index (χ1) is 7.61. The Morgan fingerprint density at radius 3 is 2.88 bits per heavy atom. The van der Waals surface area contributed by atoms with Crippen LogP contribution in [0.15, 0.2) is 18.2 Å². The van der Waals surface area contributed by atoms with Crippen LogP contribution >= 0.6 is 38.5 Å². The SMILES string of the molecule is Cc1ccc(N2CC(CBr)CC2=O)c(I)c1. The lowest BCUT2D eigenvalue weighted by molar-refractivity contribution is -0.117. The van der Waals surface area contributed by atoms with Gasteiger partial charge < -0.3 is 4.90 Å². The second kappa shape index (κ2) is 5.04. The quantitative estimate of drug-likeness (QED) is 0.557. The van der Waals surface area contributed by atoms with Crippen LogP contribution < -0.4 is 4.90 Å². The number of benzene rings is 1. The predicted octanol–water partition coefficient (Wildman–Crippen LogP) is 3.35. The molecule has 1 fully saturated rings. The number of amides is 1. The van der Waals surface area contributed by atoms with E-state index in [0.29, 0.717) is 12.3 Å². The highest BCUT2D eigenvalue weighted by Gasteiger charge is 2.30. The van der Waals surface area contributed by atoms with Crippen LogP contribution in [0.2, 0.25) is 0 Å². The molecule has 0 N–H and O–H groups in total. The molecule has 0 spiro atoms. The second-order valence-corrected chi connectivity index (χ2v) is 5.99. The van der Waals surface area contributed by atoms with Crippen molar-refractivity contribution >= 4 is 50.1 Å². The van der Waals surface area contributed by atoms with E-state index in [4.69, 9.17) is 0 Å². The zero-order valence-corrected chi connectivity index (χ0v) is 12.8. The van der Waals surface area contributed by atoms with Crippen LogP contribution in [0.5, 0.6) is 0 Å². The van der Waals surface area contributed by atoms with Crippen molar-refractivity contribution in [1.29, 1.82) is 0 Å². The third-order valence-electron chi connectivity index (χ3n) is 2.82. The van der Waals surface area contributed by atoms with Crippen molar-refractivity contribution in [1.82, 2.24) is 0 Å². The zero-order valence-electron chi connectivity index (χ0n) is 9.04. The van der Waals surface area contributed by atoms with Crippen molar-refractivity contribution in [2.45, 2.75) is 13.3 Å². The van der Waals surface area contributed by atoms with E-state index in [-0.39, 0.29) is 5.91 Å². The Morgan fingerprint density at radius 1 is 1.56 bits per heavy atom. The molecule has 16 heavy (non-hydrogen) atoms. The van der Waals surface area contributed by atoms with E-state index in [2.05, 4.69) is 57.6 Å². The number of aryl methyl sites for hydroxylation is 1. The highest BCUT2D eigenvalue weighted by molar-refractivity contribution is 14.1. The molecule has 1 unspecified atom stereocenters. The maximum absolute atomic E-state index is 11.9. The minimum atomic E-state index is 0.242. The molecule has 1 heterocycles. The topological polar surface area (TPSA) is 20.3 Å². The number of nitrogens with zero attached hydrogens (tertiary/aromatic N) is 1. The normalized spacial score (nSPS) is 20.6. The molecule has 2 rings (SSSR count). The monoisotopic (exact) mass is 393 g/mol. The van der Waals surface area contributed by atoms with E-state index in [0.717, 1.165) is 21.1 Å². The maximum Gasteiger partial charge on any atom is 0.227 e. The van der Waals surface area contributed by atoms with Crippen molar-refractivity contribution in [3.05, 3.63) is 27.3 Å². The highest BCUT2D eigenvalue weighted by atomic mass is 127. The van der Waals surface area contributed by atoms with Crippen molar-refractivity contribution in [2.75, 3.05) is 16.8 Å². The summed E-state index contributed by atoms with van der Waals surface area (Å²) in [6, 6.07) is 6.22. The molecule has 0 aromatic heterocycles. The standard InChI is InChI=1S/C12H13BrINO/c1-8-2-3-11(10(14)4-8)15-7-9(6-13)5-12(15)16/h2-4,9H,5-7H2,1H3. The molecule has 4 heteroatoms. The molecule has 1 aromatic carbocycles. The summed E-state index contributed by atoms with van der Waals surface area (Å²) in [6.45, 7) is 2.90. The third kappa shape index (κ3) is 2.42. The molecule has 86 valence electrons. The van der Waals surface area contributed by atoms with Gasteiger partial charge in [-0.1, -0.05) is 22.0 Å². The van der Waals surface area contributed by atoms with Gasteiger partial charge >= 0.3 is 0 Å². The summed E-state index contributed by atoms with van der Waals surface area (Å²) in [5.41, 5.74) is 2.29. The molecular formula is C12H13BrINO. The zero-order chi connectivity index (χ0) is 11.7. The second-order valence-electron chi connectivity index (χ2n) is 4.18. The number of rotatable bonds is 2. The Balaban J connectivity index is 2.28. The Kier molecular flexibility index (Phi) is 3.89. The minimum absolute atomic E-state index is 0.242. The fraction of sp³-hybridized carbons (Fsp3) is 0.417. The van der Waals surface area contributed by atoms with E-state index in [1.165, 1.54) is 5.56 Å². The summed E-state index contributed by atoms with van der Waals surface area (Å²) >= 11 is 5.75. The summed E-state index contributed by atoms with van der Waals surface area (Å²) in [4.78, 5) is 13.8. The lowest BCUT2D eigenvalue weighted by Crippen LogP contribution is -2.25. The average molecular weight is 394 g/mol. The number of hydrogen-bond donors (Lipinski definition) is 0. The number of carbonyl (C=O) groups is 1. The van der Waals surface area contributed by atoms with Crippen LogP contribution in [0.4, 0.5) is 5.69 Å². The summed E-state index contributed by atoms with van der Waals surface area (Å²) in [6.07, 6.45) is 0.662. The van der Waals surface area contributed by atoms with Crippen molar-refractivity contribution in [3.8, 4) is 0 Å². The van der Waals surface area contributed by atoms with Crippen molar-refractivity contribution in [2.24, 2.45) is 5.92 Å². The molecular weight excluding hydrogens is 381 g/mol. The number of hydrogen-bond acceptors (Lipinski definition) is 1. The minimum Gasteiger partial charge on any atom is -0.311 e. The molecule has 0 aliphatic carbocycles. The van der Waals surface area contributed by atoms with E-state index < -0.39 is 0 Å². The van der Waals surface area contributed by atoms with Crippen molar-refractivity contribution in [3.63, 3.8) is 0 Å². The van der Waals surface area contributed by atoms with Gasteiger partial charge in [-0.05, 0) is 53.1 Å². The van der Waals surface area contributed by atoms with Gasteiger partial charge in [0.15, 0.2) is 0 Å². The van der Waals surface area contributed by atoms with Gasteiger partial charge in [-0.15, -0.1) is 0 Å². The van der Waals surface area contributed by atoms with Gasteiger partial charge in [0.25, 0.3) is 0 Å². The van der Waals surface area contributed by atoms with Gasteiger partial charge in [-0.3, -0.25) is 4.79 Å². The number of halogens is 2. The summed E-state index contributed by atoms with van der Waals surface area (Å²) in [5.74, 6) is 0.691. The Morgan fingerprint density at radius 2 is 2.31 bits per heavy atom. The van der Waals surface area contributed by atoms with Gasteiger partial charge in [0.2, 0.25) is 5.91 Å². The van der Waals surface area contributed by atoms with Gasteiger partial charge in [-0.25, -0.2) is 0 Å². The van der Waals surface area contributed by atoms with E-state index in [9.17, 15) is 4.79 Å². The lowest BCUT2D eigenvalue weighted by Gasteiger charge is -2.18. The summed E-state index contributed by atoms with van der Waals surface area (Å²) in [5, 5.41) is 0.900.